The molecular formula is C30H27N3O3S. The minimum atomic E-state index is -0.0937. The summed E-state index contributed by atoms with van der Waals surface area (Å²) in [7, 11) is 3.20. The van der Waals surface area contributed by atoms with E-state index in [0.29, 0.717) is 33.4 Å². The number of carbonyl (C=O) groups excluding carboxylic acids is 1. The number of amides is 1. The van der Waals surface area contributed by atoms with E-state index in [4.69, 9.17) is 14.5 Å². The number of benzene rings is 3. The fraction of sp³-hybridized carbons (Fsp3) is 0.167. The number of anilines is 1. The van der Waals surface area contributed by atoms with Gasteiger partial charge in [-0.1, -0.05) is 48.0 Å². The average molecular weight is 510 g/mol. The predicted molar refractivity (Wildman–Crippen MR) is 148 cm³/mol. The molecule has 3 aromatic carbocycles. The Morgan fingerprint density at radius 1 is 0.973 bits per heavy atom. The Kier molecular flexibility index (Phi) is 8.44. The fourth-order valence-corrected chi connectivity index (χ4v) is 4.77. The van der Waals surface area contributed by atoms with Crippen molar-refractivity contribution in [2.24, 2.45) is 0 Å². The van der Waals surface area contributed by atoms with Crippen LogP contribution in [0, 0.1) is 18.3 Å². The van der Waals surface area contributed by atoms with Gasteiger partial charge in [0.2, 0.25) is 5.91 Å². The van der Waals surface area contributed by atoms with Crippen molar-refractivity contribution in [2.45, 2.75) is 18.4 Å². The van der Waals surface area contributed by atoms with Gasteiger partial charge in [-0.2, -0.15) is 5.26 Å². The highest BCUT2D eigenvalue weighted by atomic mass is 32.2. The number of thioether (sulfide) groups is 1. The number of methoxy groups -OCH3 is 2. The van der Waals surface area contributed by atoms with E-state index in [2.05, 4.69) is 11.4 Å². The normalized spacial score (nSPS) is 10.4. The monoisotopic (exact) mass is 509 g/mol. The van der Waals surface area contributed by atoms with Gasteiger partial charge in [-0.15, -0.1) is 11.8 Å². The van der Waals surface area contributed by atoms with Gasteiger partial charge < -0.3 is 14.8 Å². The quantitative estimate of drug-likeness (QED) is 0.252. The molecule has 7 heteroatoms. The van der Waals surface area contributed by atoms with Crippen molar-refractivity contribution in [3.8, 4) is 40.0 Å². The number of carbonyl (C=O) groups is 1. The average Bonchev–Trinajstić information content (AvgIpc) is 2.94. The summed E-state index contributed by atoms with van der Waals surface area (Å²) in [5.74, 6) is 1.64. The van der Waals surface area contributed by atoms with Gasteiger partial charge >= 0.3 is 0 Å². The molecule has 0 radical (unpaired) electrons. The first kappa shape index (κ1) is 25.8. The van der Waals surface area contributed by atoms with Crippen LogP contribution in [0.2, 0.25) is 0 Å². The topological polar surface area (TPSA) is 84.2 Å². The highest BCUT2D eigenvalue weighted by molar-refractivity contribution is 7.99. The van der Waals surface area contributed by atoms with Crippen molar-refractivity contribution in [1.82, 2.24) is 4.98 Å². The minimum Gasteiger partial charge on any atom is -0.497 e. The van der Waals surface area contributed by atoms with Crippen LogP contribution in [0.15, 0.2) is 83.9 Å². The van der Waals surface area contributed by atoms with Crippen molar-refractivity contribution in [3.63, 3.8) is 0 Å². The van der Waals surface area contributed by atoms with E-state index in [1.165, 1.54) is 11.8 Å². The molecule has 0 atom stereocenters. The molecule has 1 amide bonds. The molecular weight excluding hydrogens is 482 g/mol. The number of nitrogens with one attached hydrogen (secondary N) is 1. The van der Waals surface area contributed by atoms with Gasteiger partial charge in [-0.05, 0) is 43.3 Å². The van der Waals surface area contributed by atoms with Crippen molar-refractivity contribution < 1.29 is 14.3 Å². The number of hydrogen-bond donors (Lipinski definition) is 1. The summed E-state index contributed by atoms with van der Waals surface area (Å²) in [5, 5.41) is 13.7. The summed E-state index contributed by atoms with van der Waals surface area (Å²) in [6.07, 6.45) is 0.276. The van der Waals surface area contributed by atoms with Gasteiger partial charge in [0.25, 0.3) is 0 Å². The number of aryl methyl sites for hydroxylation is 1. The van der Waals surface area contributed by atoms with E-state index < -0.39 is 0 Å². The van der Waals surface area contributed by atoms with Crippen LogP contribution in [0.4, 0.5) is 5.69 Å². The molecule has 1 heterocycles. The Labute approximate surface area is 221 Å². The molecule has 1 aromatic heterocycles. The molecule has 1 N–H and O–H groups in total. The molecule has 6 nitrogen and oxygen atoms in total. The molecule has 0 fully saturated rings. The van der Waals surface area contributed by atoms with Crippen molar-refractivity contribution in [1.29, 1.82) is 5.26 Å². The number of hydrogen-bond acceptors (Lipinski definition) is 6. The van der Waals surface area contributed by atoms with Gasteiger partial charge in [-0.25, -0.2) is 4.98 Å². The molecule has 0 bridgehead atoms. The third kappa shape index (κ3) is 6.29. The summed E-state index contributed by atoms with van der Waals surface area (Å²) in [6.45, 7) is 2.00. The number of pyridine rings is 1. The number of aromatic nitrogens is 1. The Bertz CT molecular complexity index is 1430. The van der Waals surface area contributed by atoms with E-state index in [0.717, 1.165) is 28.1 Å². The molecule has 0 unspecified atom stereocenters. The van der Waals surface area contributed by atoms with Gasteiger partial charge in [0.05, 0.1) is 25.5 Å². The van der Waals surface area contributed by atoms with E-state index in [1.54, 1.807) is 14.2 Å². The first-order valence-corrected chi connectivity index (χ1v) is 12.7. The maximum atomic E-state index is 12.5. The predicted octanol–water partition coefficient (Wildman–Crippen LogP) is 6.73. The second-order valence-corrected chi connectivity index (χ2v) is 9.38. The fourth-order valence-electron chi connectivity index (χ4n) is 3.83. The standard InChI is InChI=1S/C30H27N3O3S/c1-20-9-11-22(12-10-20)32-29(34)15-16-37-30-26(19-31)24(18-27(33-30)21-7-5-4-6-8-21)25-17-23(35-2)13-14-28(25)36-3/h4-14,17-18H,15-16H2,1-3H3,(H,32,34). The number of rotatable bonds is 9. The molecule has 4 aromatic rings. The second kappa shape index (κ2) is 12.1. The van der Waals surface area contributed by atoms with E-state index in [1.807, 2.05) is 85.8 Å². The van der Waals surface area contributed by atoms with Gasteiger partial charge in [-0.3, -0.25) is 4.79 Å². The smallest absolute Gasteiger partial charge is 0.225 e. The molecule has 0 aliphatic carbocycles. The SMILES string of the molecule is COc1ccc(OC)c(-c2cc(-c3ccccc3)nc(SCCC(=O)Nc3ccc(C)cc3)c2C#N)c1. The lowest BCUT2D eigenvalue weighted by Crippen LogP contribution is -2.12. The first-order chi connectivity index (χ1) is 18.0. The van der Waals surface area contributed by atoms with E-state index in [9.17, 15) is 10.1 Å². The summed E-state index contributed by atoms with van der Waals surface area (Å²) in [6, 6.07) is 27.2. The molecule has 37 heavy (non-hydrogen) atoms. The summed E-state index contributed by atoms with van der Waals surface area (Å²) < 4.78 is 11.1. The molecule has 0 saturated carbocycles. The van der Waals surface area contributed by atoms with Crippen LogP contribution in [0.25, 0.3) is 22.4 Å². The van der Waals surface area contributed by atoms with Gasteiger partial charge in [0.1, 0.15) is 22.6 Å². The summed E-state index contributed by atoms with van der Waals surface area (Å²) in [5.41, 5.74) is 5.39. The lowest BCUT2D eigenvalue weighted by Gasteiger charge is -2.15. The highest BCUT2D eigenvalue weighted by Crippen LogP contribution is 2.40. The van der Waals surface area contributed by atoms with Crippen LogP contribution in [-0.2, 0) is 4.79 Å². The minimum absolute atomic E-state index is 0.0937. The number of nitriles is 1. The van der Waals surface area contributed by atoms with Crippen molar-refractivity contribution in [3.05, 3.63) is 90.0 Å². The summed E-state index contributed by atoms with van der Waals surface area (Å²) >= 11 is 1.39. The zero-order valence-corrected chi connectivity index (χ0v) is 21.8. The largest absolute Gasteiger partial charge is 0.497 e. The zero-order chi connectivity index (χ0) is 26.2. The van der Waals surface area contributed by atoms with Crippen LogP contribution >= 0.6 is 11.8 Å². The Hall–Kier alpha value is -4.28. The van der Waals surface area contributed by atoms with Crippen LogP contribution in [0.1, 0.15) is 17.5 Å². The maximum Gasteiger partial charge on any atom is 0.225 e. The number of ether oxygens (including phenoxy) is 2. The van der Waals surface area contributed by atoms with Gasteiger partial charge in [0.15, 0.2) is 0 Å². The molecule has 0 aliphatic heterocycles. The van der Waals surface area contributed by atoms with Crippen molar-refractivity contribution in [2.75, 3.05) is 25.3 Å². The van der Waals surface area contributed by atoms with E-state index in [-0.39, 0.29) is 12.3 Å². The highest BCUT2D eigenvalue weighted by Gasteiger charge is 2.19. The Morgan fingerprint density at radius 2 is 1.73 bits per heavy atom. The first-order valence-electron chi connectivity index (χ1n) is 11.7. The van der Waals surface area contributed by atoms with Crippen LogP contribution in [-0.4, -0.2) is 30.9 Å². The Balaban J connectivity index is 1.67. The van der Waals surface area contributed by atoms with E-state index >= 15 is 0 Å². The van der Waals surface area contributed by atoms with Crippen LogP contribution in [0.3, 0.4) is 0 Å². The molecule has 0 aliphatic rings. The maximum absolute atomic E-state index is 12.5. The summed E-state index contributed by atoms with van der Waals surface area (Å²) in [4.78, 5) is 17.4. The molecule has 0 saturated heterocycles. The molecule has 0 spiro atoms. The second-order valence-electron chi connectivity index (χ2n) is 8.29. The zero-order valence-electron chi connectivity index (χ0n) is 20.9. The lowest BCUT2D eigenvalue weighted by molar-refractivity contribution is -0.115. The molecule has 186 valence electrons. The third-order valence-electron chi connectivity index (χ3n) is 5.77. The lowest BCUT2D eigenvalue weighted by atomic mass is 9.98. The van der Waals surface area contributed by atoms with Crippen LogP contribution in [0.5, 0.6) is 11.5 Å². The van der Waals surface area contributed by atoms with Gasteiger partial charge in [0, 0.05) is 34.6 Å². The van der Waals surface area contributed by atoms with Crippen molar-refractivity contribution >= 4 is 23.4 Å². The van der Waals surface area contributed by atoms with Crippen LogP contribution < -0.4 is 14.8 Å². The third-order valence-corrected chi connectivity index (χ3v) is 6.74. The Morgan fingerprint density at radius 3 is 2.41 bits per heavy atom. The molecule has 4 rings (SSSR count). The number of nitrogens with zero attached hydrogens (tertiary/aromatic N) is 2.